The third-order valence-electron chi connectivity index (χ3n) is 2.54. The number of aromatic nitrogens is 2. The zero-order valence-electron chi connectivity index (χ0n) is 9.61. The third kappa shape index (κ3) is 2.67. The molecule has 0 aliphatic rings. The summed E-state index contributed by atoms with van der Waals surface area (Å²) >= 11 is 3.30. The van der Waals surface area contributed by atoms with Crippen molar-refractivity contribution in [1.29, 1.82) is 0 Å². The number of nitro groups is 1. The quantitative estimate of drug-likeness (QED) is 0.671. The molecule has 0 saturated carbocycles. The van der Waals surface area contributed by atoms with E-state index in [9.17, 15) is 10.1 Å². The molecule has 0 saturated heterocycles. The van der Waals surface area contributed by atoms with Gasteiger partial charge in [0.2, 0.25) is 0 Å². The molecule has 7 heteroatoms. The van der Waals surface area contributed by atoms with Gasteiger partial charge in [-0.05, 0) is 28.9 Å². The lowest BCUT2D eigenvalue weighted by Crippen LogP contribution is -2.02. The Kier molecular flexibility index (Phi) is 3.61. The Bertz CT molecular complexity index is 582. The van der Waals surface area contributed by atoms with Gasteiger partial charge in [-0.1, -0.05) is 0 Å². The molecule has 0 atom stereocenters. The van der Waals surface area contributed by atoms with Gasteiger partial charge in [-0.15, -0.1) is 0 Å². The molecule has 2 aromatic rings. The van der Waals surface area contributed by atoms with Crippen LogP contribution in [0.3, 0.4) is 0 Å². The van der Waals surface area contributed by atoms with E-state index < -0.39 is 4.92 Å². The summed E-state index contributed by atoms with van der Waals surface area (Å²) in [6.07, 6.45) is 1.64. The maximum atomic E-state index is 10.6. The largest absolute Gasteiger partial charge is 0.378 e. The van der Waals surface area contributed by atoms with Crippen molar-refractivity contribution >= 4 is 27.3 Å². The van der Waals surface area contributed by atoms with Crippen LogP contribution in [0.15, 0.2) is 29.0 Å². The number of non-ortho nitro benzene ring substituents is 1. The molecule has 1 heterocycles. The number of hydrogen-bond donors (Lipinski definition) is 2. The summed E-state index contributed by atoms with van der Waals surface area (Å²) in [7, 11) is 0. The van der Waals surface area contributed by atoms with Gasteiger partial charge >= 0.3 is 0 Å². The Morgan fingerprint density at radius 1 is 1.56 bits per heavy atom. The van der Waals surface area contributed by atoms with Gasteiger partial charge in [0.1, 0.15) is 0 Å². The van der Waals surface area contributed by atoms with Gasteiger partial charge in [-0.3, -0.25) is 10.1 Å². The molecule has 2 rings (SSSR count). The van der Waals surface area contributed by atoms with E-state index in [-0.39, 0.29) is 5.69 Å². The van der Waals surface area contributed by atoms with E-state index in [2.05, 4.69) is 31.2 Å². The first-order chi connectivity index (χ1) is 8.58. The molecule has 2 N–H and O–H groups in total. The summed E-state index contributed by atoms with van der Waals surface area (Å²) in [6.45, 7) is 2.50. The SMILES string of the molecule is Cc1[nH]cnc1CNc1ccc([N+](=O)[O-])cc1Br. The molecule has 18 heavy (non-hydrogen) atoms. The van der Waals surface area contributed by atoms with Crippen LogP contribution >= 0.6 is 15.9 Å². The summed E-state index contributed by atoms with van der Waals surface area (Å²) in [4.78, 5) is 17.3. The summed E-state index contributed by atoms with van der Waals surface area (Å²) in [5.41, 5.74) is 2.77. The van der Waals surface area contributed by atoms with Gasteiger partial charge < -0.3 is 10.3 Å². The van der Waals surface area contributed by atoms with Crippen molar-refractivity contribution in [3.63, 3.8) is 0 Å². The maximum absolute atomic E-state index is 10.6. The van der Waals surface area contributed by atoms with Gasteiger partial charge in [0.15, 0.2) is 0 Å². The van der Waals surface area contributed by atoms with Crippen LogP contribution in [0.4, 0.5) is 11.4 Å². The van der Waals surface area contributed by atoms with Crippen molar-refractivity contribution in [3.8, 4) is 0 Å². The van der Waals surface area contributed by atoms with Crippen LogP contribution in [0.5, 0.6) is 0 Å². The number of halogens is 1. The minimum absolute atomic E-state index is 0.0587. The normalized spacial score (nSPS) is 10.3. The van der Waals surface area contributed by atoms with Crippen LogP contribution in [-0.4, -0.2) is 14.9 Å². The first-order valence-electron chi connectivity index (χ1n) is 5.24. The number of aryl methyl sites for hydroxylation is 1. The highest BCUT2D eigenvalue weighted by atomic mass is 79.9. The second-order valence-electron chi connectivity index (χ2n) is 3.75. The molecule has 1 aromatic heterocycles. The molecule has 0 radical (unpaired) electrons. The van der Waals surface area contributed by atoms with Crippen LogP contribution in [0.25, 0.3) is 0 Å². The fourth-order valence-corrected chi connectivity index (χ4v) is 2.01. The number of anilines is 1. The van der Waals surface area contributed by atoms with Crippen molar-refractivity contribution < 1.29 is 4.92 Å². The molecule has 0 fully saturated rings. The lowest BCUT2D eigenvalue weighted by molar-refractivity contribution is -0.384. The lowest BCUT2D eigenvalue weighted by Gasteiger charge is -2.07. The van der Waals surface area contributed by atoms with Crippen LogP contribution in [0, 0.1) is 17.0 Å². The van der Waals surface area contributed by atoms with Gasteiger partial charge in [0, 0.05) is 28.0 Å². The lowest BCUT2D eigenvalue weighted by atomic mass is 10.2. The smallest absolute Gasteiger partial charge is 0.270 e. The minimum Gasteiger partial charge on any atom is -0.378 e. The monoisotopic (exact) mass is 310 g/mol. The van der Waals surface area contributed by atoms with E-state index in [4.69, 9.17) is 0 Å². The molecule has 0 spiro atoms. The molecule has 0 bridgehead atoms. The molecular formula is C11H11BrN4O2. The molecular weight excluding hydrogens is 300 g/mol. The molecule has 0 aliphatic heterocycles. The number of H-pyrrole nitrogens is 1. The van der Waals surface area contributed by atoms with Crippen LogP contribution < -0.4 is 5.32 Å². The first kappa shape index (κ1) is 12.6. The molecule has 94 valence electrons. The Hall–Kier alpha value is -1.89. The highest BCUT2D eigenvalue weighted by molar-refractivity contribution is 9.10. The van der Waals surface area contributed by atoms with Crippen molar-refractivity contribution in [1.82, 2.24) is 9.97 Å². The van der Waals surface area contributed by atoms with E-state index >= 15 is 0 Å². The van der Waals surface area contributed by atoms with Gasteiger partial charge in [0.05, 0.1) is 23.5 Å². The van der Waals surface area contributed by atoms with Crippen molar-refractivity contribution in [2.24, 2.45) is 0 Å². The van der Waals surface area contributed by atoms with Crippen LogP contribution in [0.2, 0.25) is 0 Å². The number of nitro benzene ring substituents is 1. The number of rotatable bonds is 4. The number of aromatic amines is 1. The number of imidazole rings is 1. The predicted molar refractivity (Wildman–Crippen MR) is 71.4 cm³/mol. The topological polar surface area (TPSA) is 83.8 Å². The summed E-state index contributed by atoms with van der Waals surface area (Å²) in [5, 5.41) is 13.8. The number of hydrogen-bond acceptors (Lipinski definition) is 4. The minimum atomic E-state index is -0.424. The first-order valence-corrected chi connectivity index (χ1v) is 6.04. The van der Waals surface area contributed by atoms with E-state index in [1.54, 1.807) is 12.4 Å². The van der Waals surface area contributed by atoms with Crippen LogP contribution in [0.1, 0.15) is 11.4 Å². The standard InChI is InChI=1S/C11H11BrN4O2/c1-7-11(15-6-14-7)5-13-10-3-2-8(16(17)18)4-9(10)12/h2-4,6,13H,5H2,1H3,(H,14,15). The van der Waals surface area contributed by atoms with E-state index in [0.717, 1.165) is 17.1 Å². The summed E-state index contributed by atoms with van der Waals surface area (Å²) in [5.74, 6) is 0. The van der Waals surface area contributed by atoms with E-state index in [1.165, 1.54) is 12.1 Å². The van der Waals surface area contributed by atoms with Gasteiger partial charge in [-0.25, -0.2) is 4.98 Å². The second-order valence-corrected chi connectivity index (χ2v) is 4.60. The second kappa shape index (κ2) is 5.18. The highest BCUT2D eigenvalue weighted by Crippen LogP contribution is 2.27. The Morgan fingerprint density at radius 2 is 2.33 bits per heavy atom. The van der Waals surface area contributed by atoms with Crippen molar-refractivity contribution in [2.75, 3.05) is 5.32 Å². The number of nitrogens with one attached hydrogen (secondary N) is 2. The van der Waals surface area contributed by atoms with Crippen molar-refractivity contribution in [2.45, 2.75) is 13.5 Å². The average molecular weight is 311 g/mol. The van der Waals surface area contributed by atoms with E-state index in [0.29, 0.717) is 11.0 Å². The summed E-state index contributed by atoms with van der Waals surface area (Å²) < 4.78 is 0.657. The fourth-order valence-electron chi connectivity index (χ4n) is 1.51. The van der Waals surface area contributed by atoms with E-state index in [1.807, 2.05) is 6.92 Å². The average Bonchev–Trinajstić information content (AvgIpc) is 2.73. The number of nitrogens with zero attached hydrogens (tertiary/aromatic N) is 2. The summed E-state index contributed by atoms with van der Waals surface area (Å²) in [6, 6.07) is 4.61. The molecule has 1 aromatic carbocycles. The van der Waals surface area contributed by atoms with Gasteiger partial charge in [0.25, 0.3) is 5.69 Å². The third-order valence-corrected chi connectivity index (χ3v) is 3.20. The Labute approximate surface area is 112 Å². The fraction of sp³-hybridized carbons (Fsp3) is 0.182. The van der Waals surface area contributed by atoms with Crippen molar-refractivity contribution in [3.05, 3.63) is 50.5 Å². The Morgan fingerprint density at radius 3 is 2.89 bits per heavy atom. The zero-order chi connectivity index (χ0) is 13.1. The molecule has 6 nitrogen and oxygen atoms in total. The molecule has 0 amide bonds. The maximum Gasteiger partial charge on any atom is 0.270 e. The Balaban J connectivity index is 2.11. The predicted octanol–water partition coefficient (Wildman–Crippen LogP) is 3.00. The number of benzene rings is 1. The van der Waals surface area contributed by atoms with Crippen LogP contribution in [-0.2, 0) is 6.54 Å². The highest BCUT2D eigenvalue weighted by Gasteiger charge is 2.09. The zero-order valence-corrected chi connectivity index (χ0v) is 11.2. The molecule has 0 aliphatic carbocycles. The van der Waals surface area contributed by atoms with Gasteiger partial charge in [-0.2, -0.15) is 0 Å². The molecule has 0 unspecified atom stereocenters.